The van der Waals surface area contributed by atoms with Gasteiger partial charge >= 0.3 is 0 Å². The van der Waals surface area contributed by atoms with Crippen LogP contribution in [-0.4, -0.2) is 6.04 Å². The maximum absolute atomic E-state index is 4.29. The first-order chi connectivity index (χ1) is 6.36. The van der Waals surface area contributed by atoms with Crippen LogP contribution in [0.2, 0.25) is 0 Å². The van der Waals surface area contributed by atoms with Gasteiger partial charge in [-0.15, -0.1) is 12.6 Å². The number of hydrogen-bond donors (Lipinski definition) is 2. The Morgan fingerprint density at radius 1 is 1.31 bits per heavy atom. The Morgan fingerprint density at radius 3 is 2.85 bits per heavy atom. The highest BCUT2D eigenvalue weighted by Gasteiger charge is 2.16. The predicted molar refractivity (Wildman–Crippen MR) is 59.5 cm³/mol. The standard InChI is InChI=1S/C11H13NS/c13-10-6-4-9(5-7-10)11-3-1-2-8-12-11/h1-4,6-9,11-13H,5H2. The Bertz CT molecular complexity index is 299. The maximum Gasteiger partial charge on any atom is 0.0507 e. The zero-order valence-electron chi connectivity index (χ0n) is 7.35. The minimum Gasteiger partial charge on any atom is -0.384 e. The number of dihydropyridines is 1. The van der Waals surface area contributed by atoms with Crippen LogP contribution in [0.3, 0.4) is 0 Å². The lowest BCUT2D eigenvalue weighted by molar-refractivity contribution is 0.520. The molecular formula is C11H13NS. The Hall–Kier alpha value is -0.890. The molecule has 13 heavy (non-hydrogen) atoms. The summed E-state index contributed by atoms with van der Waals surface area (Å²) in [6.07, 6.45) is 15.9. The van der Waals surface area contributed by atoms with E-state index in [1.165, 1.54) is 0 Å². The Labute approximate surface area is 84.3 Å². The molecule has 0 bridgehead atoms. The van der Waals surface area contributed by atoms with Crippen LogP contribution in [0.15, 0.2) is 47.6 Å². The lowest BCUT2D eigenvalue weighted by Gasteiger charge is -2.24. The van der Waals surface area contributed by atoms with Crippen molar-refractivity contribution >= 4 is 12.6 Å². The van der Waals surface area contributed by atoms with E-state index in [9.17, 15) is 0 Å². The third kappa shape index (κ3) is 2.07. The average molecular weight is 191 g/mol. The first-order valence-corrected chi connectivity index (χ1v) is 4.98. The fourth-order valence-corrected chi connectivity index (χ4v) is 1.81. The van der Waals surface area contributed by atoms with E-state index in [1.807, 2.05) is 12.3 Å². The van der Waals surface area contributed by atoms with Crippen molar-refractivity contribution in [3.05, 3.63) is 47.6 Å². The fourth-order valence-electron chi connectivity index (χ4n) is 1.62. The molecule has 2 rings (SSSR count). The van der Waals surface area contributed by atoms with E-state index < -0.39 is 0 Å². The summed E-state index contributed by atoms with van der Waals surface area (Å²) in [6.45, 7) is 0. The molecule has 1 aliphatic heterocycles. The smallest absolute Gasteiger partial charge is 0.0507 e. The summed E-state index contributed by atoms with van der Waals surface area (Å²) in [7, 11) is 0. The molecule has 2 heteroatoms. The lowest BCUT2D eigenvalue weighted by atomic mass is 9.91. The topological polar surface area (TPSA) is 12.0 Å². The van der Waals surface area contributed by atoms with Crippen LogP contribution in [-0.2, 0) is 0 Å². The predicted octanol–water partition coefficient (Wildman–Crippen LogP) is 2.42. The molecule has 0 saturated heterocycles. The first kappa shape index (κ1) is 8.70. The van der Waals surface area contributed by atoms with Crippen LogP contribution >= 0.6 is 12.6 Å². The molecule has 2 atom stereocenters. The van der Waals surface area contributed by atoms with Gasteiger partial charge in [0.2, 0.25) is 0 Å². The second-order valence-corrected chi connectivity index (χ2v) is 3.84. The third-order valence-electron chi connectivity index (χ3n) is 2.39. The van der Waals surface area contributed by atoms with Gasteiger partial charge in [-0.1, -0.05) is 30.4 Å². The van der Waals surface area contributed by atoms with Crippen LogP contribution in [0.1, 0.15) is 6.42 Å². The molecule has 0 aromatic carbocycles. The summed E-state index contributed by atoms with van der Waals surface area (Å²) < 4.78 is 0. The summed E-state index contributed by atoms with van der Waals surface area (Å²) >= 11 is 4.29. The monoisotopic (exact) mass is 191 g/mol. The van der Waals surface area contributed by atoms with Gasteiger partial charge in [-0.25, -0.2) is 0 Å². The van der Waals surface area contributed by atoms with Gasteiger partial charge in [-0.3, -0.25) is 0 Å². The summed E-state index contributed by atoms with van der Waals surface area (Å²) in [6, 6.07) is 0.443. The van der Waals surface area contributed by atoms with Crippen LogP contribution in [0, 0.1) is 5.92 Å². The highest BCUT2D eigenvalue weighted by atomic mass is 32.1. The van der Waals surface area contributed by atoms with E-state index in [0.29, 0.717) is 12.0 Å². The molecule has 1 aliphatic carbocycles. The molecule has 2 unspecified atom stereocenters. The van der Waals surface area contributed by atoms with Gasteiger partial charge in [0, 0.05) is 5.92 Å². The second-order valence-electron chi connectivity index (χ2n) is 3.32. The van der Waals surface area contributed by atoms with E-state index in [1.54, 1.807) is 0 Å². The van der Waals surface area contributed by atoms with E-state index in [-0.39, 0.29) is 0 Å². The molecule has 0 spiro atoms. The molecule has 1 nitrogen and oxygen atoms in total. The zero-order chi connectivity index (χ0) is 9.10. The van der Waals surface area contributed by atoms with Crippen LogP contribution in [0.5, 0.6) is 0 Å². The normalized spacial score (nSPS) is 31.3. The van der Waals surface area contributed by atoms with E-state index in [0.717, 1.165) is 11.3 Å². The molecule has 1 heterocycles. The highest BCUT2D eigenvalue weighted by Crippen LogP contribution is 2.22. The van der Waals surface area contributed by atoms with E-state index >= 15 is 0 Å². The van der Waals surface area contributed by atoms with Crippen molar-refractivity contribution in [2.45, 2.75) is 12.5 Å². The van der Waals surface area contributed by atoms with Gasteiger partial charge in [-0.05, 0) is 23.6 Å². The van der Waals surface area contributed by atoms with Gasteiger partial charge in [0.05, 0.1) is 6.04 Å². The van der Waals surface area contributed by atoms with Crippen molar-refractivity contribution in [1.29, 1.82) is 0 Å². The molecule has 0 aromatic rings. The maximum atomic E-state index is 4.29. The Balaban J connectivity index is 2.00. The molecule has 0 saturated carbocycles. The molecule has 0 fully saturated rings. The van der Waals surface area contributed by atoms with Crippen molar-refractivity contribution in [2.75, 3.05) is 0 Å². The van der Waals surface area contributed by atoms with E-state index in [4.69, 9.17) is 0 Å². The molecule has 2 aliphatic rings. The van der Waals surface area contributed by atoms with Crippen LogP contribution in [0.25, 0.3) is 0 Å². The number of rotatable bonds is 1. The number of nitrogens with one attached hydrogen (secondary N) is 1. The molecule has 0 aromatic heterocycles. The highest BCUT2D eigenvalue weighted by molar-refractivity contribution is 7.84. The lowest BCUT2D eigenvalue weighted by Crippen LogP contribution is -2.31. The molecule has 1 N–H and O–H groups in total. The molecular weight excluding hydrogens is 178 g/mol. The summed E-state index contributed by atoms with van der Waals surface area (Å²) in [4.78, 5) is 1.08. The number of hydrogen-bond acceptors (Lipinski definition) is 2. The SMILES string of the molecule is SC1=CCC(C2C=CC=CN2)C=C1. The quantitative estimate of drug-likeness (QED) is 0.607. The van der Waals surface area contributed by atoms with E-state index in [2.05, 4.69) is 48.3 Å². The summed E-state index contributed by atoms with van der Waals surface area (Å²) in [5.74, 6) is 0.567. The molecule has 0 amide bonds. The zero-order valence-corrected chi connectivity index (χ0v) is 8.24. The minimum atomic E-state index is 0.443. The largest absolute Gasteiger partial charge is 0.384 e. The number of thiol groups is 1. The minimum absolute atomic E-state index is 0.443. The molecule has 68 valence electrons. The average Bonchev–Trinajstić information content (AvgIpc) is 2.20. The fraction of sp³-hybridized carbons (Fsp3) is 0.273. The van der Waals surface area contributed by atoms with Crippen molar-refractivity contribution in [2.24, 2.45) is 5.92 Å². The Kier molecular flexibility index (Phi) is 2.60. The van der Waals surface area contributed by atoms with Crippen LogP contribution < -0.4 is 5.32 Å². The van der Waals surface area contributed by atoms with Crippen molar-refractivity contribution < 1.29 is 0 Å². The van der Waals surface area contributed by atoms with Gasteiger partial charge < -0.3 is 5.32 Å². The van der Waals surface area contributed by atoms with Crippen molar-refractivity contribution in [3.8, 4) is 0 Å². The first-order valence-electron chi connectivity index (χ1n) is 4.53. The third-order valence-corrected chi connectivity index (χ3v) is 2.72. The molecule has 0 radical (unpaired) electrons. The van der Waals surface area contributed by atoms with Crippen molar-refractivity contribution in [3.63, 3.8) is 0 Å². The van der Waals surface area contributed by atoms with Gasteiger partial charge in [-0.2, -0.15) is 0 Å². The second kappa shape index (κ2) is 3.88. The number of allylic oxidation sites excluding steroid dienone is 4. The van der Waals surface area contributed by atoms with Crippen LogP contribution in [0.4, 0.5) is 0 Å². The summed E-state index contributed by atoms with van der Waals surface area (Å²) in [5.41, 5.74) is 0. The Morgan fingerprint density at radius 2 is 2.23 bits per heavy atom. The van der Waals surface area contributed by atoms with Gasteiger partial charge in [0.1, 0.15) is 0 Å². The summed E-state index contributed by atoms with van der Waals surface area (Å²) in [5, 5.41) is 3.33. The van der Waals surface area contributed by atoms with Gasteiger partial charge in [0.25, 0.3) is 0 Å². The van der Waals surface area contributed by atoms with Crippen molar-refractivity contribution in [1.82, 2.24) is 5.32 Å². The van der Waals surface area contributed by atoms with Gasteiger partial charge in [0.15, 0.2) is 0 Å².